The number of aliphatic carboxylic acids is 1. The summed E-state index contributed by atoms with van der Waals surface area (Å²) in [5.41, 5.74) is 1.55. The summed E-state index contributed by atoms with van der Waals surface area (Å²) >= 11 is 6.84. The van der Waals surface area contributed by atoms with Crippen LogP contribution in [0.2, 0.25) is 5.02 Å². The van der Waals surface area contributed by atoms with Crippen LogP contribution in [0.25, 0.3) is 17.5 Å². The summed E-state index contributed by atoms with van der Waals surface area (Å²) in [6.07, 6.45) is 1.56. The van der Waals surface area contributed by atoms with E-state index >= 15 is 0 Å². The lowest BCUT2D eigenvalue weighted by molar-refractivity contribution is -0.131. The largest absolute Gasteiger partial charge is 0.497 e. The molecule has 0 radical (unpaired) electrons. The third-order valence-electron chi connectivity index (χ3n) is 3.41. The highest BCUT2D eigenvalue weighted by atomic mass is 35.5. The van der Waals surface area contributed by atoms with Crippen LogP contribution in [0.4, 0.5) is 0 Å². The summed E-state index contributed by atoms with van der Waals surface area (Å²) < 4.78 is 5.09. The number of carboxylic acid groups (broad SMARTS) is 1. The summed E-state index contributed by atoms with van der Waals surface area (Å²) in [5.74, 6) is 0.190. The van der Waals surface area contributed by atoms with Gasteiger partial charge in [-0.15, -0.1) is 5.10 Å². The number of thioether (sulfide) groups is 1. The lowest BCUT2D eigenvalue weighted by Crippen LogP contribution is -1.97. The molecule has 0 aliphatic heterocycles. The smallest absolute Gasteiger partial charge is 0.342 e. The van der Waals surface area contributed by atoms with Gasteiger partial charge in [0, 0.05) is 10.6 Å². The van der Waals surface area contributed by atoms with Crippen molar-refractivity contribution < 1.29 is 14.6 Å². The minimum absolute atomic E-state index is 0.108. The number of halogens is 1. The van der Waals surface area contributed by atoms with Gasteiger partial charge in [-0.25, -0.2) is 9.78 Å². The van der Waals surface area contributed by atoms with Crippen molar-refractivity contribution in [2.24, 2.45) is 0 Å². The molecular weight excluding hydrogens is 374 g/mol. The van der Waals surface area contributed by atoms with Gasteiger partial charge in [0.25, 0.3) is 0 Å². The lowest BCUT2D eigenvalue weighted by atomic mass is 10.2. The van der Waals surface area contributed by atoms with E-state index in [1.807, 2.05) is 12.1 Å². The summed E-state index contributed by atoms with van der Waals surface area (Å²) in [6.45, 7) is 0. The Balaban J connectivity index is 1.81. The number of rotatable bonds is 6. The van der Waals surface area contributed by atoms with Crippen LogP contribution in [-0.4, -0.2) is 33.4 Å². The Morgan fingerprint density at radius 3 is 2.50 bits per heavy atom. The van der Waals surface area contributed by atoms with E-state index in [9.17, 15) is 9.90 Å². The van der Waals surface area contributed by atoms with Crippen LogP contribution in [-0.2, 0) is 4.79 Å². The van der Waals surface area contributed by atoms with Crippen molar-refractivity contribution in [3.05, 3.63) is 64.0 Å². The molecule has 0 aliphatic carbocycles. The van der Waals surface area contributed by atoms with Crippen molar-refractivity contribution in [2.45, 2.75) is 5.16 Å². The standard InChI is InChI=1S/C18H14ClN3O3S/c1-25-14-8-2-11(3-9-14)10-15(17(23)24)26-18-20-16(21-22-18)12-4-6-13(19)7-5-12/h2-10H,1H3,(H,23,24)(H,20,21,22)/b15-10-. The average molecular weight is 388 g/mol. The second kappa shape index (κ2) is 8.07. The van der Waals surface area contributed by atoms with Gasteiger partial charge in [-0.3, -0.25) is 5.10 Å². The Kier molecular flexibility index (Phi) is 5.60. The molecule has 1 heterocycles. The van der Waals surface area contributed by atoms with Gasteiger partial charge in [0.15, 0.2) is 5.82 Å². The second-order valence-electron chi connectivity index (χ2n) is 5.16. The Labute approximate surface area is 158 Å². The highest BCUT2D eigenvalue weighted by Crippen LogP contribution is 2.28. The SMILES string of the molecule is COc1ccc(/C=C(\Sc2n[nH]c(-c3ccc(Cl)cc3)n2)C(=O)O)cc1. The minimum atomic E-state index is -1.05. The molecule has 0 atom stereocenters. The third kappa shape index (κ3) is 4.44. The van der Waals surface area contributed by atoms with Crippen molar-refractivity contribution in [2.75, 3.05) is 7.11 Å². The number of nitrogens with one attached hydrogen (secondary N) is 1. The van der Waals surface area contributed by atoms with Crippen molar-refractivity contribution in [3.8, 4) is 17.1 Å². The number of nitrogens with zero attached hydrogens (tertiary/aromatic N) is 2. The molecule has 8 heteroatoms. The van der Waals surface area contributed by atoms with E-state index in [0.717, 1.165) is 22.9 Å². The van der Waals surface area contributed by atoms with Crippen LogP contribution in [0.15, 0.2) is 58.6 Å². The molecule has 1 aromatic heterocycles. The quantitative estimate of drug-likeness (QED) is 0.483. The maximum Gasteiger partial charge on any atom is 0.342 e. The van der Waals surface area contributed by atoms with E-state index in [1.165, 1.54) is 0 Å². The first-order valence-electron chi connectivity index (χ1n) is 7.50. The Morgan fingerprint density at radius 2 is 1.88 bits per heavy atom. The first-order valence-corrected chi connectivity index (χ1v) is 8.70. The van der Waals surface area contributed by atoms with Gasteiger partial charge < -0.3 is 9.84 Å². The highest BCUT2D eigenvalue weighted by molar-refractivity contribution is 8.04. The molecule has 0 saturated heterocycles. The number of benzene rings is 2. The first kappa shape index (κ1) is 18.0. The molecule has 6 nitrogen and oxygen atoms in total. The van der Waals surface area contributed by atoms with Gasteiger partial charge in [-0.2, -0.15) is 0 Å². The summed E-state index contributed by atoms with van der Waals surface area (Å²) in [5, 5.41) is 17.3. The number of carbonyl (C=O) groups is 1. The van der Waals surface area contributed by atoms with Gasteiger partial charge in [0.1, 0.15) is 10.7 Å². The molecule has 132 valence electrons. The van der Waals surface area contributed by atoms with Crippen molar-refractivity contribution in [1.82, 2.24) is 15.2 Å². The fraction of sp³-hybridized carbons (Fsp3) is 0.0556. The van der Waals surface area contributed by atoms with Crippen LogP contribution >= 0.6 is 23.4 Å². The number of H-pyrrole nitrogens is 1. The predicted octanol–water partition coefficient (Wildman–Crippen LogP) is 4.35. The molecule has 0 bridgehead atoms. The minimum Gasteiger partial charge on any atom is -0.497 e. The summed E-state index contributed by atoms with van der Waals surface area (Å²) in [7, 11) is 1.57. The van der Waals surface area contributed by atoms with E-state index in [4.69, 9.17) is 16.3 Å². The van der Waals surface area contributed by atoms with Crippen molar-refractivity contribution >= 4 is 35.4 Å². The fourth-order valence-corrected chi connectivity index (χ4v) is 2.95. The molecule has 0 unspecified atom stereocenters. The third-order valence-corrected chi connectivity index (χ3v) is 4.54. The van der Waals surface area contributed by atoms with Crippen LogP contribution in [0.1, 0.15) is 5.56 Å². The van der Waals surface area contributed by atoms with Crippen LogP contribution in [0.5, 0.6) is 5.75 Å². The van der Waals surface area contributed by atoms with Crippen LogP contribution < -0.4 is 4.74 Å². The molecule has 0 spiro atoms. The zero-order valence-corrected chi connectivity index (χ0v) is 15.2. The second-order valence-corrected chi connectivity index (χ2v) is 6.61. The monoisotopic (exact) mass is 387 g/mol. The fourth-order valence-electron chi connectivity index (χ4n) is 2.11. The number of hydrogen-bond acceptors (Lipinski definition) is 5. The zero-order chi connectivity index (χ0) is 18.5. The Hall–Kier alpha value is -2.77. The predicted molar refractivity (Wildman–Crippen MR) is 101 cm³/mol. The number of methoxy groups -OCH3 is 1. The van der Waals surface area contributed by atoms with Gasteiger partial charge in [-0.05, 0) is 59.8 Å². The topological polar surface area (TPSA) is 88.1 Å². The van der Waals surface area contributed by atoms with E-state index in [-0.39, 0.29) is 4.91 Å². The number of carboxylic acids is 1. The number of aromatic amines is 1. The molecule has 0 fully saturated rings. The molecular formula is C18H14ClN3O3S. The maximum absolute atomic E-state index is 11.6. The van der Waals surface area contributed by atoms with Gasteiger partial charge in [-0.1, -0.05) is 23.7 Å². The van der Waals surface area contributed by atoms with E-state index in [1.54, 1.807) is 49.6 Å². The van der Waals surface area contributed by atoms with E-state index in [0.29, 0.717) is 21.8 Å². The molecule has 3 aromatic rings. The van der Waals surface area contributed by atoms with Gasteiger partial charge in [0.05, 0.1) is 7.11 Å². The maximum atomic E-state index is 11.6. The molecule has 2 aromatic carbocycles. The summed E-state index contributed by atoms with van der Waals surface area (Å²) in [4.78, 5) is 16.0. The van der Waals surface area contributed by atoms with Crippen LogP contribution in [0, 0.1) is 0 Å². The normalized spacial score (nSPS) is 11.4. The van der Waals surface area contributed by atoms with Gasteiger partial charge >= 0.3 is 5.97 Å². The molecule has 0 saturated carbocycles. The molecule has 3 rings (SSSR count). The molecule has 2 N–H and O–H groups in total. The molecule has 0 aliphatic rings. The summed E-state index contributed by atoms with van der Waals surface area (Å²) in [6, 6.07) is 14.2. The zero-order valence-electron chi connectivity index (χ0n) is 13.6. The molecule has 26 heavy (non-hydrogen) atoms. The van der Waals surface area contributed by atoms with Crippen molar-refractivity contribution in [1.29, 1.82) is 0 Å². The number of ether oxygens (including phenoxy) is 1. The first-order chi connectivity index (χ1) is 12.5. The van der Waals surface area contributed by atoms with Gasteiger partial charge in [0.2, 0.25) is 5.16 Å². The number of aromatic nitrogens is 3. The Morgan fingerprint density at radius 1 is 1.19 bits per heavy atom. The number of hydrogen-bond donors (Lipinski definition) is 2. The lowest BCUT2D eigenvalue weighted by Gasteiger charge is -2.01. The van der Waals surface area contributed by atoms with E-state index in [2.05, 4.69) is 15.2 Å². The van der Waals surface area contributed by atoms with Crippen LogP contribution in [0.3, 0.4) is 0 Å². The molecule has 0 amide bonds. The van der Waals surface area contributed by atoms with E-state index < -0.39 is 5.97 Å². The van der Waals surface area contributed by atoms with Crippen molar-refractivity contribution in [3.63, 3.8) is 0 Å². The highest BCUT2D eigenvalue weighted by Gasteiger charge is 2.14. The Bertz CT molecular complexity index is 937. The average Bonchev–Trinajstić information content (AvgIpc) is 3.11.